The Labute approximate surface area is 164 Å². The van der Waals surface area contributed by atoms with Crippen LogP contribution in [-0.2, 0) is 6.42 Å². The zero-order valence-electron chi connectivity index (χ0n) is 16.0. The van der Waals surface area contributed by atoms with Crippen molar-refractivity contribution in [2.45, 2.75) is 40.2 Å². The molecule has 1 N–H and O–H groups in total. The van der Waals surface area contributed by atoms with E-state index in [0.29, 0.717) is 16.3 Å². The Morgan fingerprint density at radius 3 is 2.63 bits per heavy atom. The lowest BCUT2D eigenvalue weighted by Gasteiger charge is -2.32. The minimum Gasteiger partial charge on any atom is -0.506 e. The van der Waals surface area contributed by atoms with Crippen LogP contribution in [0.15, 0.2) is 41.5 Å². The number of benzene rings is 1. The molecule has 27 heavy (non-hydrogen) atoms. The summed E-state index contributed by atoms with van der Waals surface area (Å²) in [5, 5.41) is 11.3. The van der Waals surface area contributed by atoms with Crippen LogP contribution in [0.25, 0.3) is 6.08 Å². The van der Waals surface area contributed by atoms with Gasteiger partial charge in [-0.25, -0.2) is 0 Å². The van der Waals surface area contributed by atoms with E-state index < -0.39 is 0 Å². The molecule has 0 bridgehead atoms. The van der Waals surface area contributed by atoms with E-state index in [2.05, 4.69) is 25.8 Å². The van der Waals surface area contributed by atoms with E-state index >= 15 is 0 Å². The standard InChI is InChI=1S/C22H23ClN2O2/c1-13-20-14(11-19(25-13)22(2,3)4)5-9-17(21(20)27)18(26)10-8-16-7-6-15(23)12-24-16/h5-10,12,19,27H,11H2,1-4H3/b10-8+. The number of fused-ring (bicyclic) bond motifs is 1. The van der Waals surface area contributed by atoms with Crippen LogP contribution in [-0.4, -0.2) is 27.6 Å². The average molecular weight is 383 g/mol. The van der Waals surface area contributed by atoms with Gasteiger partial charge in [-0.15, -0.1) is 0 Å². The summed E-state index contributed by atoms with van der Waals surface area (Å²) < 4.78 is 0. The lowest BCUT2D eigenvalue weighted by Crippen LogP contribution is -2.31. The molecule has 1 aliphatic heterocycles. The Balaban J connectivity index is 1.90. The van der Waals surface area contributed by atoms with Gasteiger partial charge in [-0.2, -0.15) is 0 Å². The van der Waals surface area contributed by atoms with Gasteiger partial charge in [-0.05, 0) is 54.7 Å². The summed E-state index contributed by atoms with van der Waals surface area (Å²) in [6, 6.07) is 7.20. The third-order valence-electron chi connectivity index (χ3n) is 4.81. The zero-order chi connectivity index (χ0) is 19.8. The van der Waals surface area contributed by atoms with Gasteiger partial charge in [0.15, 0.2) is 5.78 Å². The van der Waals surface area contributed by atoms with Gasteiger partial charge in [0.05, 0.1) is 22.3 Å². The Kier molecular flexibility index (Phi) is 5.20. The van der Waals surface area contributed by atoms with Crippen molar-refractivity contribution in [3.8, 4) is 5.75 Å². The van der Waals surface area contributed by atoms with Gasteiger partial charge in [-0.3, -0.25) is 14.8 Å². The fourth-order valence-electron chi connectivity index (χ4n) is 3.19. The van der Waals surface area contributed by atoms with Gasteiger partial charge in [-0.1, -0.05) is 38.4 Å². The summed E-state index contributed by atoms with van der Waals surface area (Å²) in [5.74, 6) is -0.280. The first-order valence-corrected chi connectivity index (χ1v) is 9.28. The van der Waals surface area contributed by atoms with Crippen molar-refractivity contribution in [1.82, 2.24) is 4.98 Å². The normalized spacial score (nSPS) is 16.9. The number of allylic oxidation sites excluding steroid dienone is 1. The highest BCUT2D eigenvalue weighted by Crippen LogP contribution is 2.36. The van der Waals surface area contributed by atoms with Gasteiger partial charge < -0.3 is 5.11 Å². The molecule has 5 heteroatoms. The maximum Gasteiger partial charge on any atom is 0.189 e. The highest BCUT2D eigenvalue weighted by atomic mass is 35.5. The lowest BCUT2D eigenvalue weighted by atomic mass is 9.79. The molecule has 140 valence electrons. The number of aromatic hydroxyl groups is 1. The van der Waals surface area contributed by atoms with Crippen molar-refractivity contribution >= 4 is 29.2 Å². The zero-order valence-corrected chi connectivity index (χ0v) is 16.7. The fourth-order valence-corrected chi connectivity index (χ4v) is 3.31. The number of phenols is 1. The van der Waals surface area contributed by atoms with Crippen LogP contribution >= 0.6 is 11.6 Å². The van der Waals surface area contributed by atoms with Crippen LogP contribution in [0.2, 0.25) is 5.02 Å². The summed E-state index contributed by atoms with van der Waals surface area (Å²) in [5.41, 5.74) is 3.40. The molecule has 0 amide bonds. The molecular formula is C22H23ClN2O2. The van der Waals surface area contributed by atoms with Gasteiger partial charge >= 0.3 is 0 Å². The monoisotopic (exact) mass is 382 g/mol. The molecular weight excluding hydrogens is 360 g/mol. The van der Waals surface area contributed by atoms with E-state index in [9.17, 15) is 9.90 Å². The van der Waals surface area contributed by atoms with Crippen LogP contribution in [0.1, 0.15) is 54.9 Å². The van der Waals surface area contributed by atoms with Crippen LogP contribution in [0, 0.1) is 5.41 Å². The first kappa shape index (κ1) is 19.3. The number of rotatable bonds is 3. The molecule has 0 saturated heterocycles. The molecule has 0 saturated carbocycles. The number of halogens is 1. The molecule has 1 aliphatic rings. The molecule has 3 rings (SSSR count). The minimum atomic E-state index is -0.280. The second-order valence-electron chi connectivity index (χ2n) is 7.90. The Bertz CT molecular complexity index is 938. The predicted molar refractivity (Wildman–Crippen MR) is 110 cm³/mol. The maximum absolute atomic E-state index is 12.6. The third-order valence-corrected chi connectivity index (χ3v) is 5.03. The molecule has 1 aromatic carbocycles. The minimum absolute atomic E-state index is 0.000163. The summed E-state index contributed by atoms with van der Waals surface area (Å²) >= 11 is 5.81. The number of phenolic OH excluding ortho intramolecular Hbond substituents is 1. The van der Waals surface area contributed by atoms with Crippen molar-refractivity contribution in [2.24, 2.45) is 10.4 Å². The number of carbonyl (C=O) groups excluding carboxylic acids is 1. The van der Waals surface area contributed by atoms with Gasteiger partial charge in [0.25, 0.3) is 0 Å². The van der Waals surface area contributed by atoms with E-state index in [0.717, 1.165) is 17.7 Å². The van der Waals surface area contributed by atoms with Crippen LogP contribution < -0.4 is 0 Å². The quantitative estimate of drug-likeness (QED) is 0.592. The number of aromatic nitrogens is 1. The number of aliphatic imine (C=N–C) groups is 1. The molecule has 2 heterocycles. The SMILES string of the molecule is CC1=NC(C(C)(C)C)Cc2ccc(C(=O)/C=C/c3ccc(Cl)cn3)c(O)c21. The van der Waals surface area contributed by atoms with E-state index in [1.54, 1.807) is 24.3 Å². The Morgan fingerprint density at radius 1 is 1.26 bits per heavy atom. The van der Waals surface area contributed by atoms with Gasteiger partial charge in [0, 0.05) is 17.5 Å². The molecule has 0 spiro atoms. The van der Waals surface area contributed by atoms with Crippen molar-refractivity contribution in [2.75, 3.05) is 0 Å². The van der Waals surface area contributed by atoms with E-state index in [-0.39, 0.29) is 28.6 Å². The van der Waals surface area contributed by atoms with Gasteiger partial charge in [0.1, 0.15) is 5.75 Å². The number of hydrogen-bond donors (Lipinski definition) is 1. The summed E-state index contributed by atoms with van der Waals surface area (Å²) in [4.78, 5) is 21.5. The van der Waals surface area contributed by atoms with E-state index in [1.165, 1.54) is 12.3 Å². The molecule has 0 aliphatic carbocycles. The predicted octanol–water partition coefficient (Wildman–Crippen LogP) is 5.12. The summed E-state index contributed by atoms with van der Waals surface area (Å²) in [7, 11) is 0. The molecule has 0 fully saturated rings. The number of carbonyl (C=O) groups is 1. The summed E-state index contributed by atoms with van der Waals surface area (Å²) in [6.07, 6.45) is 5.29. The second-order valence-corrected chi connectivity index (χ2v) is 8.33. The fraction of sp³-hybridized carbons (Fsp3) is 0.318. The van der Waals surface area contributed by atoms with Gasteiger partial charge in [0.2, 0.25) is 0 Å². The third kappa shape index (κ3) is 4.11. The smallest absolute Gasteiger partial charge is 0.189 e. The number of hydrogen-bond acceptors (Lipinski definition) is 4. The number of pyridine rings is 1. The van der Waals surface area contributed by atoms with Crippen molar-refractivity contribution < 1.29 is 9.90 Å². The van der Waals surface area contributed by atoms with E-state index in [4.69, 9.17) is 16.6 Å². The molecule has 1 unspecified atom stereocenters. The highest BCUT2D eigenvalue weighted by Gasteiger charge is 2.31. The van der Waals surface area contributed by atoms with Crippen molar-refractivity contribution in [3.05, 3.63) is 63.9 Å². The second kappa shape index (κ2) is 7.28. The average Bonchev–Trinajstić information content (AvgIpc) is 2.60. The van der Waals surface area contributed by atoms with Crippen molar-refractivity contribution in [3.63, 3.8) is 0 Å². The van der Waals surface area contributed by atoms with Crippen LogP contribution in [0.3, 0.4) is 0 Å². The van der Waals surface area contributed by atoms with E-state index in [1.807, 2.05) is 13.0 Å². The largest absolute Gasteiger partial charge is 0.506 e. The summed E-state index contributed by atoms with van der Waals surface area (Å²) in [6.45, 7) is 8.37. The molecule has 1 atom stereocenters. The lowest BCUT2D eigenvalue weighted by molar-refractivity contribution is 0.104. The van der Waals surface area contributed by atoms with Crippen LogP contribution in [0.4, 0.5) is 0 Å². The highest BCUT2D eigenvalue weighted by molar-refractivity contribution is 6.30. The maximum atomic E-state index is 12.6. The molecule has 2 aromatic rings. The van der Waals surface area contributed by atoms with Crippen LogP contribution in [0.5, 0.6) is 5.75 Å². The topological polar surface area (TPSA) is 62.5 Å². The first-order chi connectivity index (χ1) is 12.7. The number of ketones is 1. The molecule has 4 nitrogen and oxygen atoms in total. The molecule has 0 radical (unpaired) electrons. The number of nitrogens with zero attached hydrogens (tertiary/aromatic N) is 2. The Hall–Kier alpha value is -2.46. The molecule has 1 aromatic heterocycles. The first-order valence-electron chi connectivity index (χ1n) is 8.90. The van der Waals surface area contributed by atoms with Crippen molar-refractivity contribution in [1.29, 1.82) is 0 Å². The Morgan fingerprint density at radius 2 is 2.00 bits per heavy atom.